The fourth-order valence-electron chi connectivity index (χ4n) is 2.98. The van der Waals surface area contributed by atoms with Crippen molar-refractivity contribution in [2.24, 2.45) is 0 Å². The third-order valence-electron chi connectivity index (χ3n) is 4.38. The Morgan fingerprint density at radius 2 is 2.07 bits per heavy atom. The lowest BCUT2D eigenvalue weighted by Gasteiger charge is -2.16. The number of anilines is 2. The second-order valence-electron chi connectivity index (χ2n) is 6.43. The quantitative estimate of drug-likeness (QED) is 0.764. The van der Waals surface area contributed by atoms with Crippen molar-refractivity contribution in [1.82, 2.24) is 10.2 Å². The molecule has 1 aromatic carbocycles. The molecule has 0 spiro atoms. The predicted molar refractivity (Wildman–Crippen MR) is 99.8 cm³/mol. The van der Waals surface area contributed by atoms with Crippen LogP contribution in [0.4, 0.5) is 11.7 Å². The molecule has 0 aliphatic carbocycles. The Morgan fingerprint density at radius 1 is 1.30 bits per heavy atom. The maximum Gasteiger partial charge on any atom is 0.322 e. The summed E-state index contributed by atoms with van der Waals surface area (Å²) in [5.41, 5.74) is 0.804. The summed E-state index contributed by atoms with van der Waals surface area (Å²) in [6, 6.07) is 7.49. The second-order valence-corrected chi connectivity index (χ2v) is 6.43. The third kappa shape index (κ3) is 4.64. The lowest BCUT2D eigenvalue weighted by Crippen LogP contribution is -2.24. The molecule has 1 saturated heterocycles. The molecule has 1 aliphatic heterocycles. The number of carbonyl (C=O) groups excluding carboxylic acids is 2. The van der Waals surface area contributed by atoms with E-state index in [9.17, 15) is 9.59 Å². The van der Waals surface area contributed by atoms with Gasteiger partial charge in [-0.1, -0.05) is 18.4 Å². The van der Waals surface area contributed by atoms with Gasteiger partial charge in [0.2, 0.25) is 17.7 Å². The summed E-state index contributed by atoms with van der Waals surface area (Å²) >= 11 is 0. The molecule has 0 bridgehead atoms. The lowest BCUT2D eigenvalue weighted by atomic mass is 10.1. The van der Waals surface area contributed by atoms with Crippen LogP contribution in [0.5, 0.6) is 5.75 Å². The highest BCUT2D eigenvalue weighted by molar-refractivity contribution is 5.96. The number of ether oxygens (including phenoxy) is 1. The molecule has 2 amide bonds. The number of rotatable bonds is 8. The van der Waals surface area contributed by atoms with Crippen LogP contribution in [0.25, 0.3) is 0 Å². The molecule has 27 heavy (non-hydrogen) atoms. The average molecular weight is 372 g/mol. The van der Waals surface area contributed by atoms with Crippen LogP contribution in [0.15, 0.2) is 28.7 Å². The highest BCUT2D eigenvalue weighted by Gasteiger charge is 2.35. The number of benzene rings is 1. The van der Waals surface area contributed by atoms with E-state index >= 15 is 0 Å². The van der Waals surface area contributed by atoms with Crippen molar-refractivity contribution in [1.29, 1.82) is 0 Å². The standard InChI is InChI=1S/C19H24N4O4/c1-3-5-6-16(24)20-19-22-21-18(27-19)13-11-17(25)23(12-13)14-7-9-15(10-8-14)26-4-2/h7-10,13H,3-6,11-12H2,1-2H3,(H,20,22,24)/t13-/m0/s1. The van der Waals surface area contributed by atoms with Gasteiger partial charge in [0.05, 0.1) is 12.5 Å². The number of unbranched alkanes of at least 4 members (excludes halogenated alkanes) is 1. The van der Waals surface area contributed by atoms with Crippen LogP contribution in [-0.2, 0) is 9.59 Å². The first kappa shape index (κ1) is 18.9. The first-order valence-electron chi connectivity index (χ1n) is 9.27. The zero-order valence-corrected chi connectivity index (χ0v) is 15.6. The molecular weight excluding hydrogens is 348 g/mol. The smallest absolute Gasteiger partial charge is 0.322 e. The Morgan fingerprint density at radius 3 is 2.78 bits per heavy atom. The number of amides is 2. The van der Waals surface area contributed by atoms with E-state index < -0.39 is 0 Å². The van der Waals surface area contributed by atoms with Crippen molar-refractivity contribution in [2.75, 3.05) is 23.4 Å². The van der Waals surface area contributed by atoms with E-state index in [-0.39, 0.29) is 23.7 Å². The molecule has 3 rings (SSSR count). The fraction of sp³-hybridized carbons (Fsp3) is 0.474. The Hall–Kier alpha value is -2.90. The number of nitrogens with zero attached hydrogens (tertiary/aromatic N) is 3. The Bertz CT molecular complexity index is 787. The topological polar surface area (TPSA) is 97.6 Å². The first-order chi connectivity index (χ1) is 13.1. The molecule has 8 heteroatoms. The number of hydrogen-bond acceptors (Lipinski definition) is 6. The molecule has 0 unspecified atom stereocenters. The summed E-state index contributed by atoms with van der Waals surface area (Å²) in [7, 11) is 0. The highest BCUT2D eigenvalue weighted by Crippen LogP contribution is 2.32. The van der Waals surface area contributed by atoms with Gasteiger partial charge in [0, 0.05) is 25.1 Å². The first-order valence-corrected chi connectivity index (χ1v) is 9.27. The number of nitrogens with one attached hydrogen (secondary N) is 1. The summed E-state index contributed by atoms with van der Waals surface area (Å²) in [6.45, 7) is 5.00. The van der Waals surface area contributed by atoms with Crippen molar-refractivity contribution in [3.05, 3.63) is 30.2 Å². The van der Waals surface area contributed by atoms with Crippen molar-refractivity contribution in [3.8, 4) is 5.75 Å². The van der Waals surface area contributed by atoms with Gasteiger partial charge in [-0.15, -0.1) is 5.10 Å². The summed E-state index contributed by atoms with van der Waals surface area (Å²) in [5.74, 6) is 0.784. The molecule has 2 aromatic rings. The predicted octanol–water partition coefficient (Wildman–Crippen LogP) is 3.12. The molecule has 1 atom stereocenters. The minimum absolute atomic E-state index is 0.00380. The van der Waals surface area contributed by atoms with Crippen LogP contribution in [0, 0.1) is 0 Å². The zero-order chi connectivity index (χ0) is 19.2. The van der Waals surface area contributed by atoms with Crippen LogP contribution in [-0.4, -0.2) is 35.2 Å². The van der Waals surface area contributed by atoms with Crippen molar-refractivity contribution >= 4 is 23.5 Å². The minimum Gasteiger partial charge on any atom is -0.494 e. The highest BCUT2D eigenvalue weighted by atomic mass is 16.5. The largest absolute Gasteiger partial charge is 0.494 e. The Labute approximate surface area is 157 Å². The summed E-state index contributed by atoms with van der Waals surface area (Å²) in [6.07, 6.45) is 2.45. The molecule has 0 saturated carbocycles. The fourth-order valence-corrected chi connectivity index (χ4v) is 2.98. The van der Waals surface area contributed by atoms with Gasteiger partial charge in [-0.2, -0.15) is 0 Å². The Balaban J connectivity index is 1.62. The molecule has 0 radical (unpaired) electrons. The van der Waals surface area contributed by atoms with Crippen LogP contribution < -0.4 is 15.0 Å². The van der Waals surface area contributed by atoms with E-state index in [0.717, 1.165) is 24.3 Å². The van der Waals surface area contributed by atoms with E-state index in [4.69, 9.17) is 9.15 Å². The number of aromatic nitrogens is 2. The van der Waals surface area contributed by atoms with Crippen LogP contribution in [0.3, 0.4) is 0 Å². The van der Waals surface area contributed by atoms with Crippen LogP contribution in [0.2, 0.25) is 0 Å². The zero-order valence-electron chi connectivity index (χ0n) is 15.6. The van der Waals surface area contributed by atoms with Crippen LogP contribution >= 0.6 is 0 Å². The molecule has 8 nitrogen and oxygen atoms in total. The normalized spacial score (nSPS) is 16.6. The summed E-state index contributed by atoms with van der Waals surface area (Å²) in [4.78, 5) is 25.9. The minimum atomic E-state index is -0.196. The van der Waals surface area contributed by atoms with Gasteiger partial charge in [0.15, 0.2) is 0 Å². The van der Waals surface area contributed by atoms with E-state index in [1.165, 1.54) is 0 Å². The summed E-state index contributed by atoms with van der Waals surface area (Å²) < 4.78 is 11.0. The second kappa shape index (κ2) is 8.66. The number of hydrogen-bond donors (Lipinski definition) is 1. The van der Waals surface area contributed by atoms with Gasteiger partial charge in [0.25, 0.3) is 0 Å². The lowest BCUT2D eigenvalue weighted by molar-refractivity contribution is -0.117. The SMILES string of the molecule is CCCCC(=O)Nc1nnc([C@H]2CC(=O)N(c3ccc(OCC)cc3)C2)o1. The van der Waals surface area contributed by atoms with E-state index in [1.807, 2.05) is 38.1 Å². The molecule has 144 valence electrons. The molecule has 2 heterocycles. The average Bonchev–Trinajstić information content (AvgIpc) is 3.27. The Kier molecular flexibility index (Phi) is 6.05. The van der Waals surface area contributed by atoms with Crippen molar-refractivity contribution < 1.29 is 18.7 Å². The maximum atomic E-state index is 12.4. The molecule has 1 fully saturated rings. The van der Waals surface area contributed by atoms with E-state index in [0.29, 0.717) is 31.9 Å². The molecular formula is C19H24N4O4. The maximum absolute atomic E-state index is 12.4. The van der Waals surface area contributed by atoms with Gasteiger partial charge in [-0.25, -0.2) is 0 Å². The molecule has 1 aromatic heterocycles. The van der Waals surface area contributed by atoms with Crippen molar-refractivity contribution in [2.45, 2.75) is 45.4 Å². The molecule has 1 N–H and O–H groups in total. The monoisotopic (exact) mass is 372 g/mol. The number of carbonyl (C=O) groups is 2. The third-order valence-corrected chi connectivity index (χ3v) is 4.38. The molecule has 1 aliphatic rings. The van der Waals surface area contributed by atoms with E-state index in [1.54, 1.807) is 4.90 Å². The van der Waals surface area contributed by atoms with Crippen molar-refractivity contribution in [3.63, 3.8) is 0 Å². The van der Waals surface area contributed by atoms with Gasteiger partial charge in [-0.05, 0) is 37.6 Å². The van der Waals surface area contributed by atoms with E-state index in [2.05, 4.69) is 15.5 Å². The summed E-state index contributed by atoms with van der Waals surface area (Å²) in [5, 5.41) is 10.5. The van der Waals surface area contributed by atoms with Gasteiger partial charge in [-0.3, -0.25) is 14.9 Å². The van der Waals surface area contributed by atoms with Gasteiger partial charge in [0.1, 0.15) is 5.75 Å². The van der Waals surface area contributed by atoms with Crippen LogP contribution in [0.1, 0.15) is 51.3 Å². The van der Waals surface area contributed by atoms with Gasteiger partial charge < -0.3 is 14.1 Å². The van der Waals surface area contributed by atoms with Gasteiger partial charge >= 0.3 is 6.01 Å².